The molecule has 0 amide bonds. The van der Waals surface area contributed by atoms with Crippen molar-refractivity contribution in [2.75, 3.05) is 5.75 Å². The second kappa shape index (κ2) is 3.26. The number of ether oxygens (including phenoxy) is 1. The fourth-order valence-corrected chi connectivity index (χ4v) is 2.63. The van der Waals surface area contributed by atoms with Crippen molar-refractivity contribution in [1.82, 2.24) is 0 Å². The maximum atomic E-state index is 5.82. The first kappa shape index (κ1) is 8.95. The highest BCUT2D eigenvalue weighted by molar-refractivity contribution is 7.99. The Kier molecular flexibility index (Phi) is 2.24. The fourth-order valence-electron chi connectivity index (χ4n) is 1.52. The zero-order valence-electron chi connectivity index (χ0n) is 8.26. The van der Waals surface area contributed by atoms with Gasteiger partial charge in [0, 0.05) is 5.75 Å². The minimum absolute atomic E-state index is 0.345. The second-order valence-corrected chi connectivity index (χ2v) is 4.63. The second-order valence-electron chi connectivity index (χ2n) is 3.60. The number of benzene rings is 1. The van der Waals surface area contributed by atoms with E-state index in [-0.39, 0.29) is 0 Å². The summed E-state index contributed by atoms with van der Waals surface area (Å²) in [5.41, 5.74) is 2.58. The van der Waals surface area contributed by atoms with E-state index in [4.69, 9.17) is 4.74 Å². The monoisotopic (exact) mass is 194 g/mol. The predicted molar refractivity (Wildman–Crippen MR) is 56.7 cm³/mol. The van der Waals surface area contributed by atoms with Gasteiger partial charge in [0.25, 0.3) is 0 Å². The van der Waals surface area contributed by atoms with Gasteiger partial charge in [0.05, 0.1) is 4.90 Å². The fraction of sp³-hybridized carbons (Fsp3) is 0.455. The first-order valence-electron chi connectivity index (χ1n) is 4.58. The number of hydrogen-bond donors (Lipinski definition) is 0. The number of rotatable bonds is 0. The van der Waals surface area contributed by atoms with Crippen LogP contribution < -0.4 is 4.74 Å². The quantitative estimate of drug-likeness (QED) is 0.627. The van der Waals surface area contributed by atoms with Crippen LogP contribution in [-0.2, 0) is 0 Å². The molecule has 1 aliphatic heterocycles. The van der Waals surface area contributed by atoms with E-state index in [9.17, 15) is 0 Å². The van der Waals surface area contributed by atoms with E-state index in [0.717, 1.165) is 11.5 Å². The maximum absolute atomic E-state index is 5.82. The van der Waals surface area contributed by atoms with E-state index in [0.29, 0.717) is 6.10 Å². The molecule has 1 heterocycles. The van der Waals surface area contributed by atoms with Crippen molar-refractivity contribution < 1.29 is 4.74 Å². The average Bonchev–Trinajstić information content (AvgIpc) is 2.12. The van der Waals surface area contributed by atoms with E-state index >= 15 is 0 Å². The Labute approximate surface area is 83.5 Å². The Bertz CT molecular complexity index is 333. The molecule has 0 aromatic heterocycles. The lowest BCUT2D eigenvalue weighted by Gasteiger charge is -2.25. The van der Waals surface area contributed by atoms with Crippen molar-refractivity contribution in [2.24, 2.45) is 0 Å². The Morgan fingerprint density at radius 3 is 2.77 bits per heavy atom. The van der Waals surface area contributed by atoms with Crippen LogP contribution in [0.4, 0.5) is 0 Å². The highest BCUT2D eigenvalue weighted by Crippen LogP contribution is 2.39. The molecule has 1 nitrogen and oxygen atoms in total. The molecule has 0 N–H and O–H groups in total. The van der Waals surface area contributed by atoms with E-state index in [2.05, 4.69) is 32.9 Å². The zero-order valence-corrected chi connectivity index (χ0v) is 9.07. The highest BCUT2D eigenvalue weighted by atomic mass is 32.2. The SMILES string of the molecule is Cc1ccc(C)c2c1OC(C)CS2. The lowest BCUT2D eigenvalue weighted by Crippen LogP contribution is -2.19. The van der Waals surface area contributed by atoms with Crippen molar-refractivity contribution in [3.63, 3.8) is 0 Å². The molecule has 70 valence electrons. The van der Waals surface area contributed by atoms with Crippen molar-refractivity contribution in [3.05, 3.63) is 23.3 Å². The van der Waals surface area contributed by atoms with Gasteiger partial charge in [-0.2, -0.15) is 0 Å². The van der Waals surface area contributed by atoms with Crippen LogP contribution in [0.1, 0.15) is 18.1 Å². The number of aryl methyl sites for hydroxylation is 2. The first-order chi connectivity index (χ1) is 6.18. The molecule has 0 saturated carbocycles. The van der Waals surface area contributed by atoms with Gasteiger partial charge >= 0.3 is 0 Å². The van der Waals surface area contributed by atoms with Gasteiger partial charge in [-0.05, 0) is 31.9 Å². The molecule has 1 aromatic rings. The van der Waals surface area contributed by atoms with Crippen LogP contribution >= 0.6 is 11.8 Å². The lowest BCUT2D eigenvalue weighted by molar-refractivity contribution is 0.233. The van der Waals surface area contributed by atoms with Crippen LogP contribution in [0.3, 0.4) is 0 Å². The van der Waals surface area contributed by atoms with Crippen molar-refractivity contribution in [2.45, 2.75) is 31.8 Å². The van der Waals surface area contributed by atoms with Gasteiger partial charge in [0.1, 0.15) is 11.9 Å². The largest absolute Gasteiger partial charge is 0.488 e. The van der Waals surface area contributed by atoms with E-state index in [1.54, 1.807) is 0 Å². The summed E-state index contributed by atoms with van der Waals surface area (Å²) in [7, 11) is 0. The third-order valence-electron chi connectivity index (χ3n) is 2.29. The molecule has 1 unspecified atom stereocenters. The lowest BCUT2D eigenvalue weighted by atomic mass is 10.1. The van der Waals surface area contributed by atoms with Gasteiger partial charge in [0.15, 0.2) is 0 Å². The van der Waals surface area contributed by atoms with E-state index < -0.39 is 0 Å². The summed E-state index contributed by atoms with van der Waals surface area (Å²) >= 11 is 1.91. The average molecular weight is 194 g/mol. The Hall–Kier alpha value is -0.630. The Balaban J connectivity index is 2.51. The molecular formula is C11H14OS. The van der Waals surface area contributed by atoms with Crippen LogP contribution in [-0.4, -0.2) is 11.9 Å². The molecule has 0 bridgehead atoms. The molecule has 1 aromatic carbocycles. The molecule has 0 spiro atoms. The summed E-state index contributed by atoms with van der Waals surface area (Å²) in [4.78, 5) is 1.33. The summed E-state index contributed by atoms with van der Waals surface area (Å²) in [6.45, 7) is 6.37. The highest BCUT2D eigenvalue weighted by Gasteiger charge is 2.19. The normalized spacial score (nSPS) is 20.7. The molecule has 2 rings (SSSR count). The molecule has 0 fully saturated rings. The Morgan fingerprint density at radius 2 is 2.00 bits per heavy atom. The van der Waals surface area contributed by atoms with Crippen molar-refractivity contribution >= 4 is 11.8 Å². The van der Waals surface area contributed by atoms with Gasteiger partial charge in [-0.15, -0.1) is 11.8 Å². The minimum Gasteiger partial charge on any atom is -0.488 e. The predicted octanol–water partition coefficient (Wildman–Crippen LogP) is 3.18. The topological polar surface area (TPSA) is 9.23 Å². The number of fused-ring (bicyclic) bond motifs is 1. The third-order valence-corrected chi connectivity index (χ3v) is 3.72. The zero-order chi connectivity index (χ0) is 9.42. The first-order valence-corrected chi connectivity index (χ1v) is 5.56. The van der Waals surface area contributed by atoms with Crippen LogP contribution in [0, 0.1) is 13.8 Å². The van der Waals surface area contributed by atoms with Crippen molar-refractivity contribution in [3.8, 4) is 5.75 Å². The molecular weight excluding hydrogens is 180 g/mol. The molecule has 1 aliphatic rings. The molecule has 0 aliphatic carbocycles. The summed E-state index contributed by atoms with van der Waals surface area (Å²) < 4.78 is 5.82. The van der Waals surface area contributed by atoms with E-state index in [1.807, 2.05) is 11.8 Å². The van der Waals surface area contributed by atoms with Gasteiger partial charge in [-0.3, -0.25) is 0 Å². The minimum atomic E-state index is 0.345. The summed E-state index contributed by atoms with van der Waals surface area (Å²) in [6.07, 6.45) is 0.345. The summed E-state index contributed by atoms with van der Waals surface area (Å²) in [5.74, 6) is 2.17. The molecule has 1 atom stereocenters. The van der Waals surface area contributed by atoms with Crippen LogP contribution in [0.25, 0.3) is 0 Å². The van der Waals surface area contributed by atoms with E-state index in [1.165, 1.54) is 16.0 Å². The molecule has 0 saturated heterocycles. The Morgan fingerprint density at radius 1 is 1.31 bits per heavy atom. The smallest absolute Gasteiger partial charge is 0.136 e. The van der Waals surface area contributed by atoms with Gasteiger partial charge in [0.2, 0.25) is 0 Å². The van der Waals surface area contributed by atoms with Crippen LogP contribution in [0.2, 0.25) is 0 Å². The van der Waals surface area contributed by atoms with Gasteiger partial charge in [-0.1, -0.05) is 12.1 Å². The molecule has 0 radical (unpaired) electrons. The van der Waals surface area contributed by atoms with Crippen LogP contribution in [0.5, 0.6) is 5.75 Å². The standard InChI is InChI=1S/C11H14OS/c1-7-4-5-8(2)11-10(7)12-9(3)6-13-11/h4-5,9H,6H2,1-3H3. The number of hydrogen-bond acceptors (Lipinski definition) is 2. The van der Waals surface area contributed by atoms with Crippen molar-refractivity contribution in [1.29, 1.82) is 0 Å². The summed E-state index contributed by atoms with van der Waals surface area (Å²) in [5, 5.41) is 0. The number of thioether (sulfide) groups is 1. The van der Waals surface area contributed by atoms with Gasteiger partial charge < -0.3 is 4.74 Å². The maximum Gasteiger partial charge on any atom is 0.136 e. The summed E-state index contributed by atoms with van der Waals surface area (Å²) in [6, 6.07) is 4.30. The van der Waals surface area contributed by atoms with Crippen LogP contribution in [0.15, 0.2) is 17.0 Å². The third kappa shape index (κ3) is 1.55. The van der Waals surface area contributed by atoms with Gasteiger partial charge in [-0.25, -0.2) is 0 Å². The molecule has 2 heteroatoms. The molecule has 13 heavy (non-hydrogen) atoms.